The standard InChI is InChI=1S/C11H15NO5S.C3H2N2/c1-15-8-6-10(16-2)9(11(7-8)17-3)4-5-18(12,13)14;1-2-5-3(1)4-5/h4-7H,1-3H3,(H2,12,13,14);1-2H. The van der Waals surface area contributed by atoms with Crippen molar-refractivity contribution in [2.75, 3.05) is 21.3 Å². The second-order valence-corrected chi connectivity index (χ2v) is 5.91. The molecule has 0 saturated carbocycles. The summed E-state index contributed by atoms with van der Waals surface area (Å²) in [5.74, 6) is 2.51. The molecule has 0 amide bonds. The van der Waals surface area contributed by atoms with Gasteiger partial charge >= 0.3 is 0 Å². The van der Waals surface area contributed by atoms with E-state index >= 15 is 0 Å². The van der Waals surface area contributed by atoms with Gasteiger partial charge in [-0.05, 0) is 6.08 Å². The van der Waals surface area contributed by atoms with E-state index in [9.17, 15) is 8.42 Å². The molecule has 23 heavy (non-hydrogen) atoms. The van der Waals surface area contributed by atoms with Crippen LogP contribution in [0.15, 0.2) is 29.8 Å². The van der Waals surface area contributed by atoms with Crippen molar-refractivity contribution in [3.63, 3.8) is 0 Å². The molecular formula is C14H17N3O5S. The van der Waals surface area contributed by atoms with Crippen molar-refractivity contribution in [3.05, 3.63) is 35.4 Å². The fraction of sp³-hybridized carbons (Fsp3) is 0.214. The highest BCUT2D eigenvalue weighted by atomic mass is 32.2. The molecule has 0 saturated heterocycles. The van der Waals surface area contributed by atoms with Gasteiger partial charge in [0.2, 0.25) is 10.0 Å². The zero-order valence-electron chi connectivity index (χ0n) is 12.9. The quantitative estimate of drug-likeness (QED) is 0.747. The first-order valence-electron chi connectivity index (χ1n) is 6.45. The summed E-state index contributed by atoms with van der Waals surface area (Å²) in [6.45, 7) is 0. The molecule has 1 aromatic rings. The topological polar surface area (TPSA) is 106 Å². The highest BCUT2D eigenvalue weighted by Crippen LogP contribution is 2.35. The minimum Gasteiger partial charge on any atom is -0.496 e. The van der Waals surface area contributed by atoms with Crippen LogP contribution in [0.3, 0.4) is 0 Å². The van der Waals surface area contributed by atoms with Gasteiger partial charge in [0.25, 0.3) is 0 Å². The van der Waals surface area contributed by atoms with E-state index in [1.807, 2.05) is 16.9 Å². The van der Waals surface area contributed by atoms with Crippen LogP contribution in [0.5, 0.6) is 17.2 Å². The third kappa shape index (κ3) is 4.47. The number of nitrogens with two attached hydrogens (primary N) is 1. The average molecular weight is 339 g/mol. The molecule has 0 aromatic heterocycles. The van der Waals surface area contributed by atoms with Crippen molar-refractivity contribution in [2.24, 2.45) is 5.14 Å². The predicted molar refractivity (Wildman–Crippen MR) is 85.4 cm³/mol. The Hall–Kier alpha value is -2.52. The van der Waals surface area contributed by atoms with E-state index in [-0.39, 0.29) is 0 Å². The lowest BCUT2D eigenvalue weighted by atomic mass is 10.1. The molecule has 0 spiro atoms. The van der Waals surface area contributed by atoms with Gasteiger partial charge in [-0.3, -0.25) is 0 Å². The number of aromatic nitrogens is 2. The van der Waals surface area contributed by atoms with E-state index in [2.05, 4.69) is 5.10 Å². The van der Waals surface area contributed by atoms with E-state index in [0.29, 0.717) is 22.8 Å². The van der Waals surface area contributed by atoms with Crippen molar-refractivity contribution in [1.82, 2.24) is 9.78 Å². The maximum absolute atomic E-state index is 10.9. The van der Waals surface area contributed by atoms with Gasteiger partial charge in [0.05, 0.1) is 26.9 Å². The van der Waals surface area contributed by atoms with Crippen molar-refractivity contribution in [2.45, 2.75) is 0 Å². The molecule has 8 nitrogen and oxygen atoms in total. The van der Waals surface area contributed by atoms with E-state index in [0.717, 1.165) is 11.2 Å². The van der Waals surface area contributed by atoms with Gasteiger partial charge in [-0.2, -0.15) is 0 Å². The molecule has 1 aromatic carbocycles. The molecule has 0 radical (unpaired) electrons. The maximum atomic E-state index is 10.9. The van der Waals surface area contributed by atoms with E-state index in [1.165, 1.54) is 27.4 Å². The molecule has 124 valence electrons. The number of hydrogen-bond donors (Lipinski definition) is 1. The lowest BCUT2D eigenvalue weighted by Crippen LogP contribution is -2.07. The van der Waals surface area contributed by atoms with Crippen LogP contribution in [0.1, 0.15) is 5.56 Å². The van der Waals surface area contributed by atoms with Crippen molar-refractivity contribution >= 4 is 16.1 Å². The first kappa shape index (κ1) is 16.8. The minimum absolute atomic E-state index is 0.422. The summed E-state index contributed by atoms with van der Waals surface area (Å²) in [4.78, 5) is 0. The first-order valence-corrected chi connectivity index (χ1v) is 8.06. The third-order valence-electron chi connectivity index (χ3n) is 2.95. The summed E-state index contributed by atoms with van der Waals surface area (Å²) in [5.41, 5.74) is 0.467. The van der Waals surface area contributed by atoms with E-state index in [1.54, 1.807) is 12.1 Å². The van der Waals surface area contributed by atoms with Crippen LogP contribution in [-0.2, 0) is 10.0 Å². The molecule has 0 fully saturated rings. The van der Waals surface area contributed by atoms with Gasteiger partial charge in [-0.25, -0.2) is 18.2 Å². The van der Waals surface area contributed by atoms with Crippen molar-refractivity contribution < 1.29 is 22.6 Å². The van der Waals surface area contributed by atoms with Gasteiger partial charge < -0.3 is 14.2 Å². The number of benzene rings is 1. The zero-order chi connectivity index (χ0) is 17.0. The number of primary sulfonamides is 1. The normalized spacial score (nSPS) is 11.7. The van der Waals surface area contributed by atoms with Gasteiger partial charge in [-0.1, -0.05) is 0 Å². The molecule has 0 bridgehead atoms. The second-order valence-electron chi connectivity index (χ2n) is 4.46. The molecule has 0 aliphatic carbocycles. The van der Waals surface area contributed by atoms with Gasteiger partial charge in [0.1, 0.15) is 17.2 Å². The lowest BCUT2D eigenvalue weighted by Gasteiger charge is -2.12. The van der Waals surface area contributed by atoms with Crippen molar-refractivity contribution in [1.29, 1.82) is 0 Å². The fourth-order valence-electron chi connectivity index (χ4n) is 1.72. The largest absolute Gasteiger partial charge is 0.496 e. The Bertz CT molecular complexity index is 778. The number of sulfonamides is 1. The van der Waals surface area contributed by atoms with Crippen LogP contribution >= 0.6 is 0 Å². The SMILES string of the molecule is COc1cc(OC)c(C=CS(N)(=O)=O)c(OC)c1.c1cn2nc1-2. The summed E-state index contributed by atoms with van der Waals surface area (Å²) < 4.78 is 39.0. The predicted octanol–water partition coefficient (Wildman–Crippen LogP) is 1.16. The Morgan fingerprint density at radius 3 is 1.96 bits per heavy atom. The molecule has 2 N–H and O–H groups in total. The Morgan fingerprint density at radius 1 is 1.13 bits per heavy atom. The average Bonchev–Trinajstić information content (AvgIpc) is 3.09. The number of ether oxygens (including phenoxy) is 3. The molecule has 9 heteroatoms. The highest BCUT2D eigenvalue weighted by molar-refractivity contribution is 7.92. The molecule has 3 rings (SSSR count). The van der Waals surface area contributed by atoms with Crippen LogP contribution in [0.25, 0.3) is 11.9 Å². The summed E-state index contributed by atoms with van der Waals surface area (Å²) in [6.07, 6.45) is 3.24. The Labute approximate surface area is 134 Å². The lowest BCUT2D eigenvalue weighted by molar-refractivity contribution is 0.374. The van der Waals surface area contributed by atoms with Crippen LogP contribution in [0.2, 0.25) is 0 Å². The van der Waals surface area contributed by atoms with Crippen molar-refractivity contribution in [3.8, 4) is 23.1 Å². The number of methoxy groups -OCH3 is 3. The molecule has 2 aliphatic rings. The Morgan fingerprint density at radius 2 is 1.70 bits per heavy atom. The molecule has 2 heterocycles. The summed E-state index contributed by atoms with van der Waals surface area (Å²) >= 11 is 0. The summed E-state index contributed by atoms with van der Waals surface area (Å²) in [5, 5.41) is 9.58. The molecular weight excluding hydrogens is 322 g/mol. The smallest absolute Gasteiger partial charge is 0.231 e. The fourth-order valence-corrected chi connectivity index (χ4v) is 2.05. The van der Waals surface area contributed by atoms with Crippen LogP contribution in [-0.4, -0.2) is 39.5 Å². The van der Waals surface area contributed by atoms with Gasteiger partial charge in [-0.15, -0.1) is 5.10 Å². The zero-order valence-corrected chi connectivity index (χ0v) is 13.7. The Kier molecular flexibility index (Phi) is 4.92. The minimum atomic E-state index is -3.71. The van der Waals surface area contributed by atoms with Gasteiger partial charge in [0.15, 0.2) is 5.82 Å². The van der Waals surface area contributed by atoms with E-state index in [4.69, 9.17) is 19.3 Å². The van der Waals surface area contributed by atoms with E-state index < -0.39 is 10.0 Å². The first-order chi connectivity index (χ1) is 10.9. The third-order valence-corrected chi connectivity index (χ3v) is 3.46. The molecule has 0 unspecified atom stereocenters. The van der Waals surface area contributed by atoms with Crippen LogP contribution in [0.4, 0.5) is 0 Å². The summed E-state index contributed by atoms with van der Waals surface area (Å²) in [6, 6.07) is 5.21. The molecule has 2 aliphatic heterocycles. The van der Waals surface area contributed by atoms with Gasteiger partial charge in [0, 0.05) is 29.8 Å². The highest BCUT2D eigenvalue weighted by Gasteiger charge is 2.12. The number of rotatable bonds is 5. The summed E-state index contributed by atoms with van der Waals surface area (Å²) in [7, 11) is 0.719. The maximum Gasteiger partial charge on any atom is 0.231 e. The number of nitrogens with zero attached hydrogens (tertiary/aromatic N) is 2. The van der Waals surface area contributed by atoms with Crippen LogP contribution in [0, 0.1) is 0 Å². The Balaban J connectivity index is 0.000000315. The number of fused-ring (bicyclic) bond motifs is 1. The number of hydrogen-bond acceptors (Lipinski definition) is 6. The molecule has 0 atom stereocenters. The monoisotopic (exact) mass is 339 g/mol. The second kappa shape index (κ2) is 6.71. The van der Waals surface area contributed by atoms with Crippen LogP contribution < -0.4 is 19.3 Å².